The highest BCUT2D eigenvalue weighted by atomic mass is 32.2. The number of thioether (sulfide) groups is 1. The van der Waals surface area contributed by atoms with E-state index in [0.717, 1.165) is 28.5 Å². The zero-order chi connectivity index (χ0) is 24.4. The molecule has 3 aromatic rings. The van der Waals surface area contributed by atoms with Crippen LogP contribution in [0.1, 0.15) is 22.3 Å². The number of carbonyl (C=O) groups excluding carboxylic acids is 1. The van der Waals surface area contributed by atoms with E-state index in [2.05, 4.69) is 0 Å². The van der Waals surface area contributed by atoms with Crippen molar-refractivity contribution < 1.29 is 18.8 Å². The van der Waals surface area contributed by atoms with Crippen LogP contribution in [0.25, 0.3) is 6.08 Å². The molecule has 0 N–H and O–H groups in total. The van der Waals surface area contributed by atoms with Crippen molar-refractivity contribution in [3.8, 4) is 5.75 Å². The van der Waals surface area contributed by atoms with Gasteiger partial charge in [-0.2, -0.15) is 0 Å². The van der Waals surface area contributed by atoms with Gasteiger partial charge in [0.25, 0.3) is 11.6 Å². The number of halogens is 1. The van der Waals surface area contributed by atoms with Crippen molar-refractivity contribution in [2.45, 2.75) is 20.5 Å². The summed E-state index contributed by atoms with van der Waals surface area (Å²) in [6, 6.07) is 15.7. The Morgan fingerprint density at radius 2 is 1.85 bits per heavy atom. The number of hydrogen-bond donors (Lipinski definition) is 0. The SMILES string of the molecule is Cc1ccc(N2C(=O)/C(=C\c3cc([N+](=O)[O-])ccc3OCc3ccc(F)cc3)SC2=S)c(C)c1. The number of nitro benzene ring substituents is 1. The first-order chi connectivity index (χ1) is 16.2. The second kappa shape index (κ2) is 9.74. The zero-order valence-corrected chi connectivity index (χ0v) is 19.9. The molecule has 0 saturated carbocycles. The van der Waals surface area contributed by atoms with Crippen LogP contribution in [0.2, 0.25) is 0 Å². The molecule has 0 spiro atoms. The number of aryl methyl sites for hydroxylation is 2. The fourth-order valence-electron chi connectivity index (χ4n) is 3.51. The fourth-order valence-corrected chi connectivity index (χ4v) is 4.78. The minimum atomic E-state index is -0.512. The first kappa shape index (κ1) is 23.6. The molecule has 0 aromatic heterocycles. The topological polar surface area (TPSA) is 72.7 Å². The molecule has 9 heteroatoms. The number of thiocarbonyl (C=S) groups is 1. The highest BCUT2D eigenvalue weighted by Gasteiger charge is 2.34. The van der Waals surface area contributed by atoms with Crippen molar-refractivity contribution in [3.63, 3.8) is 0 Å². The highest BCUT2D eigenvalue weighted by molar-refractivity contribution is 8.27. The number of nitro groups is 1. The molecule has 0 radical (unpaired) electrons. The summed E-state index contributed by atoms with van der Waals surface area (Å²) < 4.78 is 19.4. The van der Waals surface area contributed by atoms with E-state index in [1.54, 1.807) is 18.2 Å². The molecule has 1 fully saturated rings. The van der Waals surface area contributed by atoms with Crippen LogP contribution < -0.4 is 9.64 Å². The van der Waals surface area contributed by atoms with E-state index in [1.165, 1.54) is 35.2 Å². The molecular formula is C25H19FN2O4S2. The number of rotatable bonds is 6. The number of carbonyl (C=O) groups is 1. The van der Waals surface area contributed by atoms with Gasteiger partial charge in [0.1, 0.15) is 18.2 Å². The predicted molar refractivity (Wildman–Crippen MR) is 135 cm³/mol. The van der Waals surface area contributed by atoms with Crippen molar-refractivity contribution in [3.05, 3.63) is 104 Å². The maximum Gasteiger partial charge on any atom is 0.270 e. The quantitative estimate of drug-likeness (QED) is 0.172. The van der Waals surface area contributed by atoms with Crippen molar-refractivity contribution in [1.82, 2.24) is 0 Å². The maximum absolute atomic E-state index is 13.2. The van der Waals surface area contributed by atoms with Crippen LogP contribution in [0.3, 0.4) is 0 Å². The Bertz CT molecular complexity index is 1340. The van der Waals surface area contributed by atoms with E-state index >= 15 is 0 Å². The number of hydrogen-bond acceptors (Lipinski definition) is 6. The second-order valence-electron chi connectivity index (χ2n) is 7.70. The van der Waals surface area contributed by atoms with Gasteiger partial charge in [-0.1, -0.05) is 53.8 Å². The lowest BCUT2D eigenvalue weighted by Crippen LogP contribution is -2.28. The fraction of sp³-hybridized carbons (Fsp3) is 0.120. The van der Waals surface area contributed by atoms with Gasteiger partial charge in [-0.15, -0.1) is 0 Å². The van der Waals surface area contributed by atoms with Crippen molar-refractivity contribution >= 4 is 51.7 Å². The minimum Gasteiger partial charge on any atom is -0.488 e. The molecule has 3 aromatic carbocycles. The molecule has 0 unspecified atom stereocenters. The van der Waals surface area contributed by atoms with Gasteiger partial charge < -0.3 is 4.74 Å². The van der Waals surface area contributed by atoms with Gasteiger partial charge in [0, 0.05) is 17.7 Å². The number of ether oxygens (including phenoxy) is 1. The summed E-state index contributed by atoms with van der Waals surface area (Å²) in [5.41, 5.74) is 3.65. The van der Waals surface area contributed by atoms with Gasteiger partial charge in [-0.05, 0) is 55.3 Å². The molecule has 1 amide bonds. The number of anilines is 1. The number of amides is 1. The van der Waals surface area contributed by atoms with E-state index < -0.39 is 4.92 Å². The molecule has 1 aliphatic rings. The van der Waals surface area contributed by atoms with Gasteiger partial charge in [0.15, 0.2) is 4.32 Å². The number of nitrogens with zero attached hydrogens (tertiary/aromatic N) is 2. The number of benzene rings is 3. The molecule has 34 heavy (non-hydrogen) atoms. The summed E-state index contributed by atoms with van der Waals surface area (Å²) >= 11 is 6.59. The van der Waals surface area contributed by atoms with Gasteiger partial charge >= 0.3 is 0 Å². The van der Waals surface area contributed by atoms with Crippen LogP contribution in [0, 0.1) is 29.8 Å². The van der Waals surface area contributed by atoms with Crippen LogP contribution >= 0.6 is 24.0 Å². The van der Waals surface area contributed by atoms with Crippen LogP contribution in [0.5, 0.6) is 5.75 Å². The summed E-state index contributed by atoms with van der Waals surface area (Å²) in [6.07, 6.45) is 1.55. The molecule has 1 saturated heterocycles. The summed E-state index contributed by atoms with van der Waals surface area (Å²) in [7, 11) is 0. The Labute approximate surface area is 205 Å². The first-order valence-corrected chi connectivity index (χ1v) is 11.5. The summed E-state index contributed by atoms with van der Waals surface area (Å²) in [4.78, 5) is 25.9. The largest absolute Gasteiger partial charge is 0.488 e. The van der Waals surface area contributed by atoms with Crippen molar-refractivity contribution in [2.75, 3.05) is 4.90 Å². The van der Waals surface area contributed by atoms with E-state index in [9.17, 15) is 19.3 Å². The Kier molecular flexibility index (Phi) is 6.76. The van der Waals surface area contributed by atoms with Gasteiger partial charge in [0.2, 0.25) is 0 Å². The summed E-state index contributed by atoms with van der Waals surface area (Å²) in [5.74, 6) is -0.310. The van der Waals surface area contributed by atoms with Crippen LogP contribution in [0.15, 0.2) is 65.6 Å². The Hall–Kier alpha value is -3.56. The molecular weight excluding hydrogens is 475 g/mol. The molecule has 1 aliphatic heterocycles. The van der Waals surface area contributed by atoms with E-state index in [4.69, 9.17) is 17.0 Å². The minimum absolute atomic E-state index is 0.127. The van der Waals surface area contributed by atoms with E-state index in [1.807, 2.05) is 32.0 Å². The third-order valence-electron chi connectivity index (χ3n) is 5.19. The van der Waals surface area contributed by atoms with Crippen LogP contribution in [-0.2, 0) is 11.4 Å². The Morgan fingerprint density at radius 3 is 2.53 bits per heavy atom. The lowest BCUT2D eigenvalue weighted by molar-refractivity contribution is -0.384. The average Bonchev–Trinajstić information content (AvgIpc) is 3.07. The average molecular weight is 495 g/mol. The number of non-ortho nitro benzene ring substituents is 1. The molecule has 0 atom stereocenters. The smallest absolute Gasteiger partial charge is 0.270 e. The monoisotopic (exact) mass is 494 g/mol. The lowest BCUT2D eigenvalue weighted by Gasteiger charge is -2.17. The molecule has 0 aliphatic carbocycles. The summed E-state index contributed by atoms with van der Waals surface area (Å²) in [6.45, 7) is 4.01. The zero-order valence-electron chi connectivity index (χ0n) is 18.3. The maximum atomic E-state index is 13.2. The van der Waals surface area contributed by atoms with Crippen LogP contribution in [-0.4, -0.2) is 15.2 Å². The van der Waals surface area contributed by atoms with E-state index in [0.29, 0.717) is 26.2 Å². The Balaban J connectivity index is 1.66. The standard InChI is InChI=1S/C25H19FN2O4S2/c1-15-3-9-21(16(2)11-15)27-24(29)23(34-25(27)33)13-18-12-20(28(30)31)8-10-22(18)32-14-17-4-6-19(26)7-5-17/h3-13H,14H2,1-2H3/b23-13+. The highest BCUT2D eigenvalue weighted by Crippen LogP contribution is 2.39. The first-order valence-electron chi connectivity index (χ1n) is 10.2. The molecule has 4 rings (SSSR count). The second-order valence-corrected chi connectivity index (χ2v) is 9.38. The Morgan fingerprint density at radius 1 is 1.12 bits per heavy atom. The normalized spacial score (nSPS) is 14.7. The van der Waals surface area contributed by atoms with Crippen molar-refractivity contribution in [1.29, 1.82) is 0 Å². The van der Waals surface area contributed by atoms with Crippen LogP contribution in [0.4, 0.5) is 15.8 Å². The molecule has 6 nitrogen and oxygen atoms in total. The predicted octanol–water partition coefficient (Wildman–Crippen LogP) is 6.34. The lowest BCUT2D eigenvalue weighted by atomic mass is 10.1. The molecule has 172 valence electrons. The third-order valence-corrected chi connectivity index (χ3v) is 6.49. The van der Waals surface area contributed by atoms with Crippen molar-refractivity contribution in [2.24, 2.45) is 0 Å². The summed E-state index contributed by atoms with van der Waals surface area (Å²) in [5, 5.41) is 11.3. The molecule has 1 heterocycles. The van der Waals surface area contributed by atoms with Gasteiger partial charge in [0.05, 0.1) is 15.5 Å². The van der Waals surface area contributed by atoms with Gasteiger partial charge in [-0.25, -0.2) is 4.39 Å². The third kappa shape index (κ3) is 5.00. The van der Waals surface area contributed by atoms with E-state index in [-0.39, 0.29) is 24.0 Å². The molecule has 0 bridgehead atoms. The van der Waals surface area contributed by atoms with Gasteiger partial charge in [-0.3, -0.25) is 19.8 Å².